The van der Waals surface area contributed by atoms with Crippen LogP contribution in [0.4, 0.5) is 0 Å². The van der Waals surface area contributed by atoms with Gasteiger partial charge >= 0.3 is 0 Å². The van der Waals surface area contributed by atoms with Crippen molar-refractivity contribution in [1.29, 1.82) is 0 Å². The minimum Gasteiger partial charge on any atom is -0.344 e. The Morgan fingerprint density at radius 3 is 2.67 bits per heavy atom. The standard InChI is InChI=1S/C20H20ClN3O2S/c21-17-3-1-16(2-4-17)5-8-20(14-24-12-11-23-15-24)25-13-19(26-20)27-18-6-9-22-10-7-18/h1-4,6-7,9-12,15,19H,5,8,13-14H2/t19?,20-/m1/s1. The highest BCUT2D eigenvalue weighted by atomic mass is 35.5. The number of benzene rings is 1. The summed E-state index contributed by atoms with van der Waals surface area (Å²) in [6.07, 6.45) is 10.7. The molecular weight excluding hydrogens is 382 g/mol. The van der Waals surface area contributed by atoms with E-state index in [4.69, 9.17) is 21.1 Å². The van der Waals surface area contributed by atoms with E-state index in [2.05, 4.69) is 9.97 Å². The minimum absolute atomic E-state index is 0.0545. The molecule has 3 heterocycles. The fourth-order valence-corrected chi connectivity index (χ4v) is 4.16. The first kappa shape index (κ1) is 18.5. The molecule has 0 saturated carbocycles. The maximum absolute atomic E-state index is 6.42. The van der Waals surface area contributed by atoms with E-state index in [1.54, 1.807) is 36.7 Å². The normalized spacial score (nSPS) is 22.2. The lowest BCUT2D eigenvalue weighted by molar-refractivity contribution is -0.174. The van der Waals surface area contributed by atoms with Gasteiger partial charge in [0.1, 0.15) is 5.44 Å². The number of rotatable bonds is 7. The van der Waals surface area contributed by atoms with Gasteiger partial charge in [0.25, 0.3) is 0 Å². The van der Waals surface area contributed by atoms with Gasteiger partial charge in [0.05, 0.1) is 19.5 Å². The summed E-state index contributed by atoms with van der Waals surface area (Å²) in [6.45, 7) is 1.15. The maximum atomic E-state index is 6.42. The first-order chi connectivity index (χ1) is 13.2. The van der Waals surface area contributed by atoms with Crippen LogP contribution in [0.2, 0.25) is 5.02 Å². The predicted molar refractivity (Wildman–Crippen MR) is 106 cm³/mol. The van der Waals surface area contributed by atoms with E-state index < -0.39 is 5.79 Å². The largest absolute Gasteiger partial charge is 0.344 e. The average molecular weight is 402 g/mol. The molecule has 5 nitrogen and oxygen atoms in total. The molecule has 2 aromatic heterocycles. The summed E-state index contributed by atoms with van der Waals surface area (Å²) in [5, 5.41) is 0.745. The van der Waals surface area contributed by atoms with Gasteiger partial charge in [0.15, 0.2) is 5.79 Å². The molecule has 140 valence electrons. The van der Waals surface area contributed by atoms with Gasteiger partial charge in [-0.1, -0.05) is 35.5 Å². The van der Waals surface area contributed by atoms with Crippen LogP contribution in [0.15, 0.2) is 72.4 Å². The quantitative estimate of drug-likeness (QED) is 0.586. The van der Waals surface area contributed by atoms with Gasteiger partial charge < -0.3 is 14.0 Å². The number of halogens is 1. The Bertz CT molecular complexity index is 845. The van der Waals surface area contributed by atoms with Crippen molar-refractivity contribution in [1.82, 2.24) is 14.5 Å². The van der Waals surface area contributed by atoms with Crippen molar-refractivity contribution in [2.45, 2.75) is 35.5 Å². The second-order valence-corrected chi connectivity index (χ2v) is 8.10. The second kappa shape index (κ2) is 8.44. The Morgan fingerprint density at radius 1 is 1.11 bits per heavy atom. The van der Waals surface area contributed by atoms with Crippen molar-refractivity contribution in [2.75, 3.05) is 6.61 Å². The zero-order valence-electron chi connectivity index (χ0n) is 14.7. The molecule has 0 amide bonds. The molecular formula is C20H20ClN3O2S. The molecule has 27 heavy (non-hydrogen) atoms. The minimum atomic E-state index is -0.676. The summed E-state index contributed by atoms with van der Waals surface area (Å²) in [5.74, 6) is -0.676. The van der Waals surface area contributed by atoms with Crippen molar-refractivity contribution in [2.24, 2.45) is 0 Å². The first-order valence-electron chi connectivity index (χ1n) is 8.79. The number of pyridine rings is 1. The summed E-state index contributed by atoms with van der Waals surface area (Å²) in [6, 6.07) is 11.9. The first-order valence-corrected chi connectivity index (χ1v) is 10.1. The molecule has 1 aromatic carbocycles. The molecule has 4 rings (SSSR count). The lowest BCUT2D eigenvalue weighted by Gasteiger charge is -2.28. The van der Waals surface area contributed by atoms with E-state index >= 15 is 0 Å². The number of thioether (sulfide) groups is 1. The number of hydrogen-bond acceptors (Lipinski definition) is 5. The topological polar surface area (TPSA) is 49.2 Å². The highest BCUT2D eigenvalue weighted by Crippen LogP contribution is 2.37. The molecule has 0 spiro atoms. The van der Waals surface area contributed by atoms with E-state index in [9.17, 15) is 0 Å². The summed E-state index contributed by atoms with van der Waals surface area (Å²) in [4.78, 5) is 9.32. The molecule has 0 bridgehead atoms. The van der Waals surface area contributed by atoms with E-state index in [-0.39, 0.29) is 5.44 Å². The van der Waals surface area contributed by atoms with Gasteiger partial charge in [-0.3, -0.25) is 4.98 Å². The van der Waals surface area contributed by atoms with Crippen LogP contribution in [0.3, 0.4) is 0 Å². The fourth-order valence-electron chi connectivity index (χ4n) is 3.09. The van der Waals surface area contributed by atoms with Gasteiger partial charge in [-0.2, -0.15) is 0 Å². The molecule has 1 fully saturated rings. The SMILES string of the molecule is Clc1ccc(CC[C@@]2(Cn3ccnc3)OCC(Sc3ccncc3)O2)cc1. The lowest BCUT2D eigenvalue weighted by Crippen LogP contribution is -2.36. The summed E-state index contributed by atoms with van der Waals surface area (Å²) in [7, 11) is 0. The fraction of sp³-hybridized carbons (Fsp3) is 0.300. The van der Waals surface area contributed by atoms with Gasteiger partial charge in [-0.15, -0.1) is 0 Å². The number of hydrogen-bond donors (Lipinski definition) is 0. The van der Waals surface area contributed by atoms with E-state index in [1.165, 1.54) is 5.56 Å². The van der Waals surface area contributed by atoms with Crippen molar-refractivity contribution in [3.63, 3.8) is 0 Å². The summed E-state index contributed by atoms with van der Waals surface area (Å²) < 4.78 is 14.6. The third-order valence-electron chi connectivity index (χ3n) is 4.44. The molecule has 0 aliphatic carbocycles. The molecule has 1 aliphatic heterocycles. The number of aromatic nitrogens is 3. The lowest BCUT2D eigenvalue weighted by atomic mass is 10.0. The molecule has 3 aromatic rings. The van der Waals surface area contributed by atoms with Crippen LogP contribution in [0, 0.1) is 0 Å². The number of imidazole rings is 1. The summed E-state index contributed by atoms with van der Waals surface area (Å²) in [5.41, 5.74) is 1.16. The van der Waals surface area contributed by atoms with Crippen LogP contribution in [0.1, 0.15) is 12.0 Å². The molecule has 1 aliphatic rings. The van der Waals surface area contributed by atoms with Crippen LogP contribution in [0.5, 0.6) is 0 Å². The Balaban J connectivity index is 1.46. The molecule has 2 atom stereocenters. The Hall–Kier alpha value is -1.86. The van der Waals surface area contributed by atoms with Gasteiger partial charge in [0.2, 0.25) is 0 Å². The van der Waals surface area contributed by atoms with Crippen LogP contribution in [0.25, 0.3) is 0 Å². The monoisotopic (exact) mass is 401 g/mol. The van der Waals surface area contributed by atoms with Crippen LogP contribution in [-0.2, 0) is 22.4 Å². The van der Waals surface area contributed by atoms with Gasteiger partial charge in [-0.25, -0.2) is 4.98 Å². The zero-order valence-corrected chi connectivity index (χ0v) is 16.3. The maximum Gasteiger partial charge on any atom is 0.188 e. The average Bonchev–Trinajstić information content (AvgIpc) is 3.33. The van der Waals surface area contributed by atoms with Crippen LogP contribution in [-0.4, -0.2) is 32.4 Å². The Morgan fingerprint density at radius 2 is 1.93 bits per heavy atom. The third kappa shape index (κ3) is 4.90. The molecule has 1 saturated heterocycles. The third-order valence-corrected chi connectivity index (χ3v) is 5.73. The molecule has 0 N–H and O–H groups in total. The summed E-state index contributed by atoms with van der Waals surface area (Å²) >= 11 is 7.65. The van der Waals surface area contributed by atoms with Gasteiger partial charge in [0, 0.05) is 41.1 Å². The molecule has 0 radical (unpaired) electrons. The smallest absolute Gasteiger partial charge is 0.188 e. The zero-order chi connectivity index (χ0) is 18.5. The number of nitrogens with zero attached hydrogens (tertiary/aromatic N) is 3. The second-order valence-electron chi connectivity index (χ2n) is 6.43. The highest BCUT2D eigenvalue weighted by molar-refractivity contribution is 7.99. The van der Waals surface area contributed by atoms with Crippen molar-refractivity contribution in [3.8, 4) is 0 Å². The van der Waals surface area contributed by atoms with E-state index in [0.717, 1.165) is 22.8 Å². The van der Waals surface area contributed by atoms with Crippen molar-refractivity contribution in [3.05, 3.63) is 78.1 Å². The van der Waals surface area contributed by atoms with Crippen LogP contribution < -0.4 is 0 Å². The Labute approximate surface area is 167 Å². The number of aryl methyl sites for hydroxylation is 1. The van der Waals surface area contributed by atoms with Crippen molar-refractivity contribution < 1.29 is 9.47 Å². The Kier molecular flexibility index (Phi) is 5.78. The van der Waals surface area contributed by atoms with E-state index in [1.807, 2.05) is 47.2 Å². The highest BCUT2D eigenvalue weighted by Gasteiger charge is 2.42. The van der Waals surface area contributed by atoms with Crippen LogP contribution >= 0.6 is 23.4 Å². The molecule has 7 heteroatoms. The van der Waals surface area contributed by atoms with E-state index in [0.29, 0.717) is 13.2 Å². The molecule has 1 unspecified atom stereocenters. The van der Waals surface area contributed by atoms with Crippen molar-refractivity contribution >= 4 is 23.4 Å². The number of ether oxygens (including phenoxy) is 2. The van der Waals surface area contributed by atoms with Gasteiger partial charge in [-0.05, 0) is 36.2 Å². The predicted octanol–water partition coefficient (Wildman–Crippen LogP) is 4.43.